The summed E-state index contributed by atoms with van der Waals surface area (Å²) in [5.41, 5.74) is 5.31. The summed E-state index contributed by atoms with van der Waals surface area (Å²) in [5.74, 6) is 0.778. The Balaban J connectivity index is 1.47. The highest BCUT2D eigenvalue weighted by molar-refractivity contribution is 7.03. The number of piperidine rings is 1. The maximum Gasteiger partial charge on any atom is 0.175 e. The molecule has 0 saturated carbocycles. The molecular weight excluding hydrogens is 436 g/mol. The van der Waals surface area contributed by atoms with Crippen molar-refractivity contribution in [1.82, 2.24) is 24.2 Å². The zero-order valence-corrected chi connectivity index (χ0v) is 21.2. The molecule has 5 rings (SSSR count). The van der Waals surface area contributed by atoms with Crippen molar-refractivity contribution in [3.8, 4) is 11.4 Å². The predicted octanol–water partition coefficient (Wildman–Crippen LogP) is 4.59. The van der Waals surface area contributed by atoms with Crippen molar-refractivity contribution >= 4 is 36.3 Å². The van der Waals surface area contributed by atoms with E-state index < -0.39 is 8.07 Å². The van der Waals surface area contributed by atoms with Gasteiger partial charge in [-0.05, 0) is 49.5 Å². The average Bonchev–Trinajstić information content (AvgIpc) is 3.50. The van der Waals surface area contributed by atoms with E-state index in [0.29, 0.717) is 6.73 Å². The number of rotatable bonds is 7. The molecule has 172 valence electrons. The zero-order valence-electron chi connectivity index (χ0n) is 19.4. The second-order valence-electron chi connectivity index (χ2n) is 10.5. The molecule has 0 amide bonds. The van der Waals surface area contributed by atoms with Crippen molar-refractivity contribution in [1.29, 1.82) is 0 Å². The number of fused-ring (bicyclic) bond motifs is 1. The number of aromatic nitrogens is 4. The summed E-state index contributed by atoms with van der Waals surface area (Å²) >= 11 is 1.39. The van der Waals surface area contributed by atoms with E-state index in [0.717, 1.165) is 54.7 Å². The molecule has 0 radical (unpaired) electrons. The van der Waals surface area contributed by atoms with Gasteiger partial charge in [0.2, 0.25) is 0 Å². The molecule has 7 nitrogen and oxygen atoms in total. The van der Waals surface area contributed by atoms with Crippen LogP contribution in [0.1, 0.15) is 25.7 Å². The minimum atomic E-state index is -1.11. The fourth-order valence-corrected chi connectivity index (χ4v) is 6.21. The van der Waals surface area contributed by atoms with Crippen LogP contribution in [0, 0.1) is 0 Å². The molecule has 0 aliphatic carbocycles. The van der Waals surface area contributed by atoms with Crippen LogP contribution in [0.3, 0.4) is 0 Å². The number of anilines is 1. The minimum absolute atomic E-state index is 0.259. The van der Waals surface area contributed by atoms with Crippen molar-refractivity contribution in [2.24, 2.45) is 0 Å². The molecule has 0 aromatic carbocycles. The van der Waals surface area contributed by atoms with Gasteiger partial charge in [0.25, 0.3) is 0 Å². The van der Waals surface area contributed by atoms with E-state index in [4.69, 9.17) is 9.72 Å². The molecule has 2 saturated heterocycles. The van der Waals surface area contributed by atoms with Gasteiger partial charge in [-0.2, -0.15) is 4.37 Å². The van der Waals surface area contributed by atoms with Crippen molar-refractivity contribution in [2.75, 3.05) is 31.1 Å². The molecule has 1 N–H and O–H groups in total. The summed E-state index contributed by atoms with van der Waals surface area (Å²) in [6.45, 7) is 11.7. The molecule has 2 aliphatic heterocycles. The van der Waals surface area contributed by atoms with E-state index in [9.17, 15) is 0 Å². The van der Waals surface area contributed by atoms with Crippen LogP contribution in [-0.2, 0) is 11.5 Å². The lowest BCUT2D eigenvalue weighted by Crippen LogP contribution is -2.50. The molecule has 2 fully saturated rings. The number of hydrogen-bond donors (Lipinski definition) is 1. The molecule has 1 spiro atoms. The van der Waals surface area contributed by atoms with E-state index in [1.165, 1.54) is 42.9 Å². The van der Waals surface area contributed by atoms with Gasteiger partial charge in [0.05, 0.1) is 11.1 Å². The first kappa shape index (κ1) is 22.0. The second kappa shape index (κ2) is 8.85. The van der Waals surface area contributed by atoms with Gasteiger partial charge in [-0.3, -0.25) is 0 Å². The molecule has 3 aromatic heterocycles. The van der Waals surface area contributed by atoms with Crippen LogP contribution in [0.5, 0.6) is 0 Å². The Bertz CT molecular complexity index is 1050. The summed E-state index contributed by atoms with van der Waals surface area (Å²) in [6.07, 6.45) is 9.15. The number of nitrogens with zero attached hydrogens (tertiary/aromatic N) is 5. The third kappa shape index (κ3) is 4.48. The lowest BCUT2D eigenvalue weighted by molar-refractivity contribution is 0.0899. The minimum Gasteiger partial charge on any atom is -0.369 e. The summed E-state index contributed by atoms with van der Waals surface area (Å²) < 4.78 is 12.8. The molecule has 32 heavy (non-hydrogen) atoms. The van der Waals surface area contributed by atoms with Crippen LogP contribution in [0.15, 0.2) is 24.0 Å². The van der Waals surface area contributed by atoms with Crippen molar-refractivity contribution in [3.63, 3.8) is 0 Å². The lowest BCUT2D eigenvalue weighted by Gasteiger charge is -2.35. The van der Waals surface area contributed by atoms with E-state index in [1.807, 2.05) is 6.20 Å². The third-order valence-corrected chi connectivity index (χ3v) is 9.02. The van der Waals surface area contributed by atoms with Gasteiger partial charge in [0, 0.05) is 51.3 Å². The van der Waals surface area contributed by atoms with E-state index in [1.54, 1.807) is 5.51 Å². The Morgan fingerprint density at radius 3 is 2.88 bits per heavy atom. The summed E-state index contributed by atoms with van der Waals surface area (Å²) in [4.78, 5) is 11.8. The smallest absolute Gasteiger partial charge is 0.175 e. The molecule has 5 heterocycles. The standard InChI is InChI=1S/C23H34N6OSSi/c1-32(2,3)13-12-30-17-29-14-18(21-25-16-31-27-21)20-19(6-10-24-22(20)29)28-11-8-23(15-28)7-4-5-9-26-23/h6,10,14,16,26H,4-5,7-9,11-13,15,17H2,1-3H3. The molecule has 3 aromatic rings. The van der Waals surface area contributed by atoms with Crippen LogP contribution in [-0.4, -0.2) is 58.8 Å². The maximum atomic E-state index is 6.09. The first-order valence-electron chi connectivity index (χ1n) is 11.8. The Morgan fingerprint density at radius 1 is 1.22 bits per heavy atom. The van der Waals surface area contributed by atoms with Crippen LogP contribution >= 0.6 is 11.5 Å². The Kier molecular flexibility index (Phi) is 6.09. The predicted molar refractivity (Wildman–Crippen MR) is 134 cm³/mol. The van der Waals surface area contributed by atoms with Crippen LogP contribution in [0.4, 0.5) is 5.69 Å². The summed E-state index contributed by atoms with van der Waals surface area (Å²) in [7, 11) is -1.11. The molecule has 2 aliphatic rings. The largest absolute Gasteiger partial charge is 0.369 e. The van der Waals surface area contributed by atoms with Crippen molar-refractivity contribution in [2.45, 2.75) is 63.6 Å². The molecule has 0 bridgehead atoms. The third-order valence-electron chi connectivity index (χ3n) is 6.84. The SMILES string of the molecule is C[Si](C)(C)CCOCn1cc(-c2ncsn2)c2c(N3CCC4(CCCCN4)C3)ccnc21. The van der Waals surface area contributed by atoms with Gasteiger partial charge >= 0.3 is 0 Å². The van der Waals surface area contributed by atoms with Crippen LogP contribution in [0.2, 0.25) is 25.7 Å². The van der Waals surface area contributed by atoms with Gasteiger partial charge in [-0.25, -0.2) is 9.97 Å². The summed E-state index contributed by atoms with van der Waals surface area (Å²) in [6, 6.07) is 3.32. The highest BCUT2D eigenvalue weighted by atomic mass is 32.1. The van der Waals surface area contributed by atoms with E-state index in [2.05, 4.69) is 56.0 Å². The normalized spacial score (nSPS) is 21.8. The zero-order chi connectivity index (χ0) is 22.2. The monoisotopic (exact) mass is 470 g/mol. The van der Waals surface area contributed by atoms with Gasteiger partial charge in [0.1, 0.15) is 17.9 Å². The number of hydrogen-bond acceptors (Lipinski definition) is 7. The Hall–Kier alpha value is -1.81. The topological polar surface area (TPSA) is 68.1 Å². The molecular formula is C23H34N6OSSi. The van der Waals surface area contributed by atoms with Gasteiger partial charge in [-0.15, -0.1) is 0 Å². The Labute approximate surface area is 195 Å². The number of pyridine rings is 1. The second-order valence-corrected chi connectivity index (χ2v) is 16.7. The first-order valence-corrected chi connectivity index (χ1v) is 16.3. The molecule has 1 atom stereocenters. The van der Waals surface area contributed by atoms with E-state index in [-0.39, 0.29) is 5.54 Å². The van der Waals surface area contributed by atoms with Crippen molar-refractivity contribution in [3.05, 3.63) is 24.0 Å². The maximum absolute atomic E-state index is 6.09. The summed E-state index contributed by atoms with van der Waals surface area (Å²) in [5, 5.41) is 4.98. The average molecular weight is 471 g/mol. The fourth-order valence-electron chi connectivity index (χ4n) is 5.02. The van der Waals surface area contributed by atoms with Crippen LogP contribution < -0.4 is 10.2 Å². The van der Waals surface area contributed by atoms with Gasteiger partial charge in [-0.1, -0.05) is 26.1 Å². The van der Waals surface area contributed by atoms with Gasteiger partial charge in [0.15, 0.2) is 5.82 Å². The van der Waals surface area contributed by atoms with E-state index >= 15 is 0 Å². The molecule has 1 unspecified atom stereocenters. The number of ether oxygens (including phenoxy) is 1. The highest BCUT2D eigenvalue weighted by Crippen LogP contribution is 2.39. The molecule has 9 heteroatoms. The quantitative estimate of drug-likeness (QED) is 0.402. The van der Waals surface area contributed by atoms with Crippen molar-refractivity contribution < 1.29 is 4.74 Å². The first-order chi connectivity index (χ1) is 15.4. The Morgan fingerprint density at radius 2 is 2.12 bits per heavy atom. The highest BCUT2D eigenvalue weighted by Gasteiger charge is 2.39. The fraction of sp³-hybridized carbons (Fsp3) is 0.609. The van der Waals surface area contributed by atoms with Crippen LogP contribution in [0.25, 0.3) is 22.4 Å². The number of nitrogens with one attached hydrogen (secondary N) is 1. The van der Waals surface area contributed by atoms with Gasteiger partial charge < -0.3 is 19.5 Å². The lowest BCUT2D eigenvalue weighted by atomic mass is 9.88.